The number of primary sulfonamides is 1. The summed E-state index contributed by atoms with van der Waals surface area (Å²) in [6.07, 6.45) is 1.38. The van der Waals surface area contributed by atoms with Gasteiger partial charge in [0.1, 0.15) is 0 Å². The minimum absolute atomic E-state index is 0.0482. The van der Waals surface area contributed by atoms with Gasteiger partial charge in [0.25, 0.3) is 0 Å². The van der Waals surface area contributed by atoms with Crippen molar-refractivity contribution in [2.75, 3.05) is 5.32 Å². The number of amides is 1. The van der Waals surface area contributed by atoms with Crippen LogP contribution in [0.5, 0.6) is 0 Å². The Morgan fingerprint density at radius 2 is 1.82 bits per heavy atom. The number of carbonyl (C=O) groups excluding carboxylic acids is 1. The number of hydrogen-bond acceptors (Lipinski definition) is 4. The molecule has 0 spiro atoms. The van der Waals surface area contributed by atoms with E-state index in [0.29, 0.717) is 5.69 Å². The molecule has 5 nitrogen and oxygen atoms in total. The van der Waals surface area contributed by atoms with E-state index < -0.39 is 10.0 Å². The lowest BCUT2D eigenvalue weighted by molar-refractivity contribution is -0.111. The highest BCUT2D eigenvalue weighted by atomic mass is 32.2. The van der Waals surface area contributed by atoms with Crippen LogP contribution in [0.1, 0.15) is 0 Å². The van der Waals surface area contributed by atoms with Crippen LogP contribution >= 0.6 is 11.8 Å². The molecule has 114 valence electrons. The van der Waals surface area contributed by atoms with Gasteiger partial charge in [0.2, 0.25) is 15.9 Å². The van der Waals surface area contributed by atoms with Gasteiger partial charge in [0, 0.05) is 16.7 Å². The molecule has 0 atom stereocenters. The Morgan fingerprint density at radius 3 is 2.50 bits per heavy atom. The van der Waals surface area contributed by atoms with E-state index in [0.717, 1.165) is 4.90 Å². The number of carbonyl (C=O) groups is 1. The highest BCUT2D eigenvalue weighted by Crippen LogP contribution is 2.18. The predicted octanol–water partition coefficient (Wildman–Crippen LogP) is 2.58. The van der Waals surface area contributed by atoms with Crippen molar-refractivity contribution in [2.45, 2.75) is 9.79 Å². The normalized spacial score (nSPS) is 11.5. The van der Waals surface area contributed by atoms with E-state index in [-0.39, 0.29) is 10.8 Å². The molecule has 0 bridgehead atoms. The predicted molar refractivity (Wildman–Crippen MR) is 87.9 cm³/mol. The standard InChI is InChI=1S/C15H14N2O3S2/c16-22(19,20)14-8-4-5-12(11-14)17-15(18)9-10-21-13-6-2-1-3-7-13/h1-11H,(H,17,18)(H2,16,19,20)/b10-9+. The minimum Gasteiger partial charge on any atom is -0.322 e. The Hall–Kier alpha value is -2.09. The van der Waals surface area contributed by atoms with Gasteiger partial charge in [-0.15, -0.1) is 0 Å². The van der Waals surface area contributed by atoms with Crippen LogP contribution in [0.15, 0.2) is 75.9 Å². The van der Waals surface area contributed by atoms with Gasteiger partial charge in [0.05, 0.1) is 4.90 Å². The van der Waals surface area contributed by atoms with E-state index >= 15 is 0 Å². The molecule has 7 heteroatoms. The summed E-state index contributed by atoms with van der Waals surface area (Å²) in [4.78, 5) is 12.7. The minimum atomic E-state index is -3.79. The van der Waals surface area contributed by atoms with Crippen molar-refractivity contribution < 1.29 is 13.2 Å². The summed E-state index contributed by atoms with van der Waals surface area (Å²) in [5, 5.41) is 9.29. The Labute approximate surface area is 133 Å². The molecule has 0 radical (unpaired) electrons. The van der Waals surface area contributed by atoms with Crippen molar-refractivity contribution in [3.8, 4) is 0 Å². The molecule has 0 fully saturated rings. The van der Waals surface area contributed by atoms with Crippen LogP contribution in [0.25, 0.3) is 0 Å². The first kappa shape index (κ1) is 16.3. The lowest BCUT2D eigenvalue weighted by Gasteiger charge is -2.04. The Kier molecular flexibility index (Phi) is 5.37. The van der Waals surface area contributed by atoms with E-state index in [1.54, 1.807) is 11.5 Å². The zero-order valence-corrected chi connectivity index (χ0v) is 13.1. The summed E-state index contributed by atoms with van der Waals surface area (Å²) in [5.74, 6) is -0.352. The molecule has 22 heavy (non-hydrogen) atoms. The first-order valence-corrected chi connectivity index (χ1v) is 8.70. The van der Waals surface area contributed by atoms with Gasteiger partial charge in [-0.2, -0.15) is 0 Å². The van der Waals surface area contributed by atoms with Crippen LogP contribution in [-0.4, -0.2) is 14.3 Å². The molecule has 2 rings (SSSR count). The zero-order valence-electron chi connectivity index (χ0n) is 11.5. The maximum atomic E-state index is 11.8. The van der Waals surface area contributed by atoms with E-state index in [4.69, 9.17) is 5.14 Å². The number of hydrogen-bond donors (Lipinski definition) is 2. The van der Waals surface area contributed by atoms with E-state index in [1.165, 1.54) is 36.0 Å². The van der Waals surface area contributed by atoms with Gasteiger partial charge in [-0.05, 0) is 35.7 Å². The van der Waals surface area contributed by atoms with Crippen LogP contribution in [0.2, 0.25) is 0 Å². The molecular formula is C15H14N2O3S2. The molecule has 0 aliphatic heterocycles. The Morgan fingerprint density at radius 1 is 1.09 bits per heavy atom. The summed E-state index contributed by atoms with van der Waals surface area (Å²) < 4.78 is 22.5. The van der Waals surface area contributed by atoms with Crippen molar-refractivity contribution in [1.82, 2.24) is 0 Å². The SMILES string of the molecule is NS(=O)(=O)c1cccc(NC(=O)/C=C/Sc2ccccc2)c1. The molecule has 2 aromatic rings. The highest BCUT2D eigenvalue weighted by Gasteiger charge is 2.08. The fraction of sp³-hybridized carbons (Fsp3) is 0. The number of nitrogens with one attached hydrogen (secondary N) is 1. The third-order valence-electron chi connectivity index (χ3n) is 2.60. The number of benzene rings is 2. The second kappa shape index (κ2) is 7.26. The zero-order chi connectivity index (χ0) is 16.0. The molecule has 0 unspecified atom stereocenters. The molecule has 0 saturated carbocycles. The molecule has 0 aliphatic rings. The molecule has 1 amide bonds. The highest BCUT2D eigenvalue weighted by molar-refractivity contribution is 8.02. The van der Waals surface area contributed by atoms with Gasteiger partial charge in [-0.3, -0.25) is 4.79 Å². The van der Waals surface area contributed by atoms with Gasteiger partial charge in [0.15, 0.2) is 0 Å². The van der Waals surface area contributed by atoms with E-state index in [2.05, 4.69) is 5.32 Å². The van der Waals surface area contributed by atoms with Crippen LogP contribution in [-0.2, 0) is 14.8 Å². The average molecular weight is 334 g/mol. The quantitative estimate of drug-likeness (QED) is 0.649. The third kappa shape index (κ3) is 5.03. The average Bonchev–Trinajstić information content (AvgIpc) is 2.48. The number of sulfonamides is 1. The second-order valence-electron chi connectivity index (χ2n) is 4.30. The molecule has 0 heterocycles. The Bertz CT molecular complexity index is 787. The molecular weight excluding hydrogens is 320 g/mol. The third-order valence-corrected chi connectivity index (χ3v) is 4.32. The molecule has 2 aromatic carbocycles. The number of anilines is 1. The lowest BCUT2D eigenvalue weighted by atomic mass is 10.3. The van der Waals surface area contributed by atoms with Crippen LogP contribution in [0.4, 0.5) is 5.69 Å². The fourth-order valence-electron chi connectivity index (χ4n) is 1.61. The number of thioether (sulfide) groups is 1. The lowest BCUT2D eigenvalue weighted by Crippen LogP contribution is -2.13. The monoisotopic (exact) mass is 334 g/mol. The summed E-state index contributed by atoms with van der Waals surface area (Å²) in [5.41, 5.74) is 0.367. The van der Waals surface area contributed by atoms with Gasteiger partial charge in [-0.1, -0.05) is 36.0 Å². The maximum absolute atomic E-state index is 11.8. The van der Waals surface area contributed by atoms with Crippen LogP contribution < -0.4 is 10.5 Å². The van der Waals surface area contributed by atoms with Gasteiger partial charge < -0.3 is 5.32 Å². The largest absolute Gasteiger partial charge is 0.322 e. The van der Waals surface area contributed by atoms with Crippen molar-refractivity contribution in [2.24, 2.45) is 5.14 Å². The molecule has 0 saturated heterocycles. The van der Waals surface area contributed by atoms with Gasteiger partial charge in [-0.25, -0.2) is 13.6 Å². The summed E-state index contributed by atoms with van der Waals surface area (Å²) in [6.45, 7) is 0. The van der Waals surface area contributed by atoms with Crippen LogP contribution in [0, 0.1) is 0 Å². The van der Waals surface area contributed by atoms with Crippen molar-refractivity contribution in [1.29, 1.82) is 0 Å². The topological polar surface area (TPSA) is 89.3 Å². The van der Waals surface area contributed by atoms with Crippen molar-refractivity contribution >= 4 is 33.4 Å². The smallest absolute Gasteiger partial charge is 0.248 e. The van der Waals surface area contributed by atoms with E-state index in [1.807, 2.05) is 30.3 Å². The first-order valence-electron chi connectivity index (χ1n) is 6.27. The Balaban J connectivity index is 1.98. The van der Waals surface area contributed by atoms with Crippen LogP contribution in [0.3, 0.4) is 0 Å². The molecule has 0 aromatic heterocycles. The maximum Gasteiger partial charge on any atom is 0.248 e. The molecule has 0 aliphatic carbocycles. The number of rotatable bonds is 5. The summed E-state index contributed by atoms with van der Waals surface area (Å²) >= 11 is 1.41. The molecule has 3 N–H and O–H groups in total. The van der Waals surface area contributed by atoms with Crippen molar-refractivity contribution in [3.63, 3.8) is 0 Å². The number of nitrogens with two attached hydrogens (primary N) is 1. The second-order valence-corrected chi connectivity index (χ2v) is 6.84. The summed E-state index contributed by atoms with van der Waals surface area (Å²) in [7, 11) is -3.79. The summed E-state index contributed by atoms with van der Waals surface area (Å²) in [6, 6.07) is 15.4. The van der Waals surface area contributed by atoms with Crippen molar-refractivity contribution in [3.05, 3.63) is 66.1 Å². The first-order chi connectivity index (χ1) is 10.4. The fourth-order valence-corrected chi connectivity index (χ4v) is 2.83. The van der Waals surface area contributed by atoms with Gasteiger partial charge >= 0.3 is 0 Å². The van der Waals surface area contributed by atoms with E-state index in [9.17, 15) is 13.2 Å².